The minimum Gasteiger partial charge on any atom is -0.461 e. The second-order valence-corrected chi connectivity index (χ2v) is 5.16. The lowest BCUT2D eigenvalue weighted by Gasteiger charge is -2.17. The van der Waals surface area contributed by atoms with E-state index in [9.17, 15) is 14.4 Å². The predicted molar refractivity (Wildman–Crippen MR) is 84.9 cm³/mol. The number of primary amides is 1. The van der Waals surface area contributed by atoms with Crippen LogP contribution in [-0.2, 0) is 25.7 Å². The molecule has 7 heteroatoms. The maximum absolute atomic E-state index is 11.7. The van der Waals surface area contributed by atoms with Crippen LogP contribution in [0, 0.1) is 0 Å². The second kappa shape index (κ2) is 9.58. The molecular formula is C16H23N3O4. The molecule has 0 saturated heterocycles. The van der Waals surface area contributed by atoms with Crippen molar-refractivity contribution in [3.63, 3.8) is 0 Å². The molecule has 0 saturated carbocycles. The fraction of sp³-hybridized carbons (Fsp3) is 0.438. The van der Waals surface area contributed by atoms with Crippen LogP contribution in [0.15, 0.2) is 30.3 Å². The summed E-state index contributed by atoms with van der Waals surface area (Å²) < 4.78 is 5.10. The highest BCUT2D eigenvalue weighted by Crippen LogP contribution is 2.05. The molecule has 2 amide bonds. The van der Waals surface area contributed by atoms with Crippen molar-refractivity contribution in [2.24, 2.45) is 11.5 Å². The lowest BCUT2D eigenvalue weighted by atomic mass is 10.1. The maximum Gasteiger partial charge on any atom is 0.306 e. The van der Waals surface area contributed by atoms with Crippen molar-refractivity contribution in [1.82, 2.24) is 5.32 Å². The molecule has 0 bridgehead atoms. The summed E-state index contributed by atoms with van der Waals surface area (Å²) in [6.07, 6.45) is 0.490. The molecule has 0 aliphatic heterocycles. The molecule has 5 N–H and O–H groups in total. The van der Waals surface area contributed by atoms with Crippen molar-refractivity contribution >= 4 is 17.8 Å². The van der Waals surface area contributed by atoms with Gasteiger partial charge in [-0.25, -0.2) is 0 Å². The normalized spacial score (nSPS) is 13.0. The fourth-order valence-electron chi connectivity index (χ4n) is 1.82. The van der Waals surface area contributed by atoms with Crippen molar-refractivity contribution in [2.45, 2.75) is 44.9 Å². The van der Waals surface area contributed by atoms with E-state index in [1.165, 1.54) is 0 Å². The zero-order chi connectivity index (χ0) is 17.2. The van der Waals surface area contributed by atoms with Crippen LogP contribution in [-0.4, -0.2) is 29.9 Å². The fourth-order valence-corrected chi connectivity index (χ4v) is 1.82. The number of rotatable bonds is 9. The second-order valence-electron chi connectivity index (χ2n) is 5.16. The number of nitrogens with two attached hydrogens (primary N) is 2. The van der Waals surface area contributed by atoms with Crippen molar-refractivity contribution in [1.29, 1.82) is 0 Å². The van der Waals surface area contributed by atoms with E-state index in [1.54, 1.807) is 6.92 Å². The van der Waals surface area contributed by atoms with Crippen molar-refractivity contribution in [3.05, 3.63) is 35.9 Å². The number of hydrogen-bond donors (Lipinski definition) is 3. The van der Waals surface area contributed by atoms with E-state index < -0.39 is 29.9 Å². The minimum atomic E-state index is -0.940. The van der Waals surface area contributed by atoms with Crippen molar-refractivity contribution < 1.29 is 19.1 Å². The van der Waals surface area contributed by atoms with Gasteiger partial charge in [-0.05, 0) is 18.4 Å². The molecule has 23 heavy (non-hydrogen) atoms. The molecule has 126 valence electrons. The molecule has 2 atom stereocenters. The summed E-state index contributed by atoms with van der Waals surface area (Å²) in [5.74, 6) is -1.64. The van der Waals surface area contributed by atoms with Crippen LogP contribution >= 0.6 is 0 Å². The number of esters is 1. The van der Waals surface area contributed by atoms with Crippen LogP contribution in [0.2, 0.25) is 0 Å². The topological polar surface area (TPSA) is 125 Å². The van der Waals surface area contributed by atoms with Gasteiger partial charge in [-0.2, -0.15) is 0 Å². The molecule has 0 fully saturated rings. The third-order valence-electron chi connectivity index (χ3n) is 3.32. The summed E-state index contributed by atoms with van der Waals surface area (Å²) >= 11 is 0. The molecule has 0 aromatic heterocycles. The third kappa shape index (κ3) is 6.92. The Hall–Kier alpha value is -2.41. The van der Waals surface area contributed by atoms with Crippen molar-refractivity contribution in [3.8, 4) is 0 Å². The van der Waals surface area contributed by atoms with E-state index in [0.717, 1.165) is 5.56 Å². The summed E-state index contributed by atoms with van der Waals surface area (Å²) in [4.78, 5) is 34.7. The number of hydrogen-bond acceptors (Lipinski definition) is 5. The van der Waals surface area contributed by atoms with E-state index in [2.05, 4.69) is 5.32 Å². The number of carbonyl (C=O) groups excluding carboxylic acids is 3. The Balaban J connectivity index is 2.41. The summed E-state index contributed by atoms with van der Waals surface area (Å²) in [6, 6.07) is 7.59. The number of benzene rings is 1. The van der Waals surface area contributed by atoms with Gasteiger partial charge in [0, 0.05) is 6.42 Å². The van der Waals surface area contributed by atoms with Crippen LogP contribution in [0.25, 0.3) is 0 Å². The van der Waals surface area contributed by atoms with E-state index >= 15 is 0 Å². The van der Waals surface area contributed by atoms with Crippen LogP contribution in [0.4, 0.5) is 0 Å². The molecule has 0 radical (unpaired) electrons. The Labute approximate surface area is 135 Å². The van der Waals surface area contributed by atoms with Gasteiger partial charge in [-0.1, -0.05) is 37.3 Å². The van der Waals surface area contributed by atoms with E-state index in [0.29, 0.717) is 6.42 Å². The first kappa shape index (κ1) is 18.6. The Morgan fingerprint density at radius 3 is 2.43 bits per heavy atom. The first-order valence-electron chi connectivity index (χ1n) is 7.48. The van der Waals surface area contributed by atoms with Gasteiger partial charge in [-0.3, -0.25) is 14.4 Å². The highest BCUT2D eigenvalue weighted by atomic mass is 16.5. The standard InChI is InChI=1S/C16H23N3O4/c1-2-12(17)16(22)19-13(15(18)21)8-9-14(20)23-10-11-6-4-3-5-7-11/h3-7,12-13H,2,8-10,17H2,1H3,(H2,18,21)(H,19,22)/t12?,13-/m0/s1. The molecule has 1 aromatic carbocycles. The highest BCUT2D eigenvalue weighted by molar-refractivity contribution is 5.89. The van der Waals surface area contributed by atoms with Gasteiger partial charge < -0.3 is 21.5 Å². The van der Waals surface area contributed by atoms with E-state index in [-0.39, 0.29) is 19.4 Å². The van der Waals surface area contributed by atoms with Gasteiger partial charge >= 0.3 is 5.97 Å². The molecule has 1 aromatic rings. The highest BCUT2D eigenvalue weighted by Gasteiger charge is 2.22. The third-order valence-corrected chi connectivity index (χ3v) is 3.32. The zero-order valence-corrected chi connectivity index (χ0v) is 13.2. The van der Waals surface area contributed by atoms with Crippen LogP contribution < -0.4 is 16.8 Å². The summed E-state index contributed by atoms with van der Waals surface area (Å²) in [6.45, 7) is 1.92. The van der Waals surface area contributed by atoms with Crippen LogP contribution in [0.1, 0.15) is 31.7 Å². The van der Waals surface area contributed by atoms with Gasteiger partial charge in [0.25, 0.3) is 0 Å². The molecule has 0 heterocycles. The maximum atomic E-state index is 11.7. The number of ether oxygens (including phenoxy) is 1. The van der Waals surface area contributed by atoms with Crippen LogP contribution in [0.5, 0.6) is 0 Å². The Morgan fingerprint density at radius 1 is 1.22 bits per heavy atom. The predicted octanol–water partition coefficient (Wildman–Crippen LogP) is 0.217. The minimum absolute atomic E-state index is 0.0257. The molecular weight excluding hydrogens is 298 g/mol. The SMILES string of the molecule is CCC(N)C(=O)N[C@@H](CCC(=O)OCc1ccccc1)C(N)=O. The first-order valence-corrected chi connectivity index (χ1v) is 7.48. The smallest absolute Gasteiger partial charge is 0.306 e. The number of nitrogens with one attached hydrogen (secondary N) is 1. The average Bonchev–Trinajstić information content (AvgIpc) is 2.56. The Kier molecular flexibility index (Phi) is 7.76. The van der Waals surface area contributed by atoms with Crippen LogP contribution in [0.3, 0.4) is 0 Å². The molecule has 0 aliphatic carbocycles. The molecule has 0 aliphatic rings. The van der Waals surface area contributed by atoms with Crippen molar-refractivity contribution in [2.75, 3.05) is 0 Å². The summed E-state index contributed by atoms with van der Waals surface area (Å²) in [5, 5.41) is 2.45. The van der Waals surface area contributed by atoms with E-state index in [4.69, 9.17) is 16.2 Å². The lowest BCUT2D eigenvalue weighted by Crippen LogP contribution is -2.50. The number of amides is 2. The van der Waals surface area contributed by atoms with Gasteiger partial charge in [-0.15, -0.1) is 0 Å². The largest absolute Gasteiger partial charge is 0.461 e. The first-order chi connectivity index (χ1) is 10.9. The molecule has 1 unspecified atom stereocenters. The quantitative estimate of drug-likeness (QED) is 0.561. The Morgan fingerprint density at radius 2 is 1.87 bits per heavy atom. The number of carbonyl (C=O) groups is 3. The zero-order valence-electron chi connectivity index (χ0n) is 13.2. The Bertz CT molecular complexity index is 533. The lowest BCUT2D eigenvalue weighted by molar-refractivity contribution is -0.145. The summed E-state index contributed by atoms with van der Waals surface area (Å²) in [7, 11) is 0. The average molecular weight is 321 g/mol. The molecule has 0 spiro atoms. The van der Waals surface area contributed by atoms with Gasteiger partial charge in [0.2, 0.25) is 11.8 Å². The van der Waals surface area contributed by atoms with Gasteiger partial charge in [0.1, 0.15) is 12.6 Å². The molecule has 7 nitrogen and oxygen atoms in total. The van der Waals surface area contributed by atoms with Gasteiger partial charge in [0.15, 0.2) is 0 Å². The van der Waals surface area contributed by atoms with E-state index in [1.807, 2.05) is 30.3 Å². The molecule has 1 rings (SSSR count). The monoisotopic (exact) mass is 321 g/mol. The van der Waals surface area contributed by atoms with Gasteiger partial charge in [0.05, 0.1) is 6.04 Å². The summed E-state index contributed by atoms with van der Waals surface area (Å²) in [5.41, 5.74) is 11.7.